The molecule has 0 aliphatic carbocycles. The maximum atomic E-state index is 12.9. The van der Waals surface area contributed by atoms with Crippen LogP contribution in [0, 0.1) is 10.1 Å². The van der Waals surface area contributed by atoms with Crippen molar-refractivity contribution in [2.24, 2.45) is 5.73 Å². The van der Waals surface area contributed by atoms with E-state index >= 15 is 0 Å². The molecule has 0 heterocycles. The number of nitro benzene ring substituents is 1. The Labute approximate surface area is 167 Å². The number of amides is 1. The zero-order valence-corrected chi connectivity index (χ0v) is 15.6. The third-order valence-corrected chi connectivity index (χ3v) is 3.98. The number of anilines is 1. The molecule has 0 bridgehead atoms. The van der Waals surface area contributed by atoms with Gasteiger partial charge in [0.1, 0.15) is 5.69 Å². The minimum absolute atomic E-state index is 0.00892. The highest BCUT2D eigenvalue weighted by atomic mass is 35.5. The summed E-state index contributed by atoms with van der Waals surface area (Å²) in [6.07, 6.45) is -4.82. The third-order valence-electron chi connectivity index (χ3n) is 3.67. The Morgan fingerprint density at radius 3 is 2.52 bits per heavy atom. The van der Waals surface area contributed by atoms with Gasteiger partial charge < -0.3 is 20.5 Å². The lowest BCUT2D eigenvalue weighted by Gasteiger charge is -2.14. The van der Waals surface area contributed by atoms with Crippen molar-refractivity contribution in [3.05, 3.63) is 56.6 Å². The third kappa shape index (κ3) is 5.64. The number of ether oxygens (including phenoxy) is 2. The van der Waals surface area contributed by atoms with Gasteiger partial charge in [0.05, 0.1) is 22.6 Å². The number of carbonyl (C=O) groups is 1. The minimum atomic E-state index is -4.82. The first kappa shape index (κ1) is 22.1. The molecule has 0 fully saturated rings. The molecule has 0 saturated carbocycles. The number of nitrogens with zero attached hydrogens (tertiary/aromatic N) is 1. The number of nitro groups is 1. The van der Waals surface area contributed by atoms with E-state index in [1.165, 1.54) is 19.2 Å². The average Bonchev–Trinajstić information content (AvgIpc) is 2.63. The van der Waals surface area contributed by atoms with Crippen LogP contribution >= 0.6 is 11.6 Å². The summed E-state index contributed by atoms with van der Waals surface area (Å²) in [6, 6.07) is 5.83. The second-order valence-corrected chi connectivity index (χ2v) is 6.11. The lowest BCUT2D eigenvalue weighted by atomic mass is 10.1. The van der Waals surface area contributed by atoms with Crippen LogP contribution in [0.15, 0.2) is 30.3 Å². The van der Waals surface area contributed by atoms with Crippen LogP contribution in [0.1, 0.15) is 11.1 Å². The smallest absolute Gasteiger partial charge is 0.418 e. The van der Waals surface area contributed by atoms with Gasteiger partial charge in [-0.1, -0.05) is 17.7 Å². The van der Waals surface area contributed by atoms with E-state index in [4.69, 9.17) is 26.8 Å². The van der Waals surface area contributed by atoms with Crippen molar-refractivity contribution in [2.75, 3.05) is 19.0 Å². The summed E-state index contributed by atoms with van der Waals surface area (Å²) in [5.41, 5.74) is 3.33. The summed E-state index contributed by atoms with van der Waals surface area (Å²) in [5, 5.41) is 13.2. The standard InChI is InChI=1S/C17H15ClF3N3O5/c1-28-15-4-9(2-3-14(15)29-8-16(22)25)7-23-12-6-11(18)10(17(19,20)21)5-13(12)24(26)27/h2-6,23H,7-8H2,1H3,(H2,22,25). The molecule has 0 unspecified atom stereocenters. The second kappa shape index (κ2) is 8.86. The van der Waals surface area contributed by atoms with Crippen LogP contribution in [-0.4, -0.2) is 24.5 Å². The number of nitrogens with one attached hydrogen (secondary N) is 1. The quantitative estimate of drug-likeness (QED) is 0.483. The normalized spacial score (nSPS) is 11.1. The van der Waals surface area contributed by atoms with Crippen molar-refractivity contribution in [1.29, 1.82) is 0 Å². The van der Waals surface area contributed by atoms with E-state index in [0.29, 0.717) is 11.6 Å². The SMILES string of the molecule is COc1cc(CNc2cc(Cl)c(C(F)(F)F)cc2[N+](=O)[O-])ccc1OCC(N)=O. The molecule has 1 amide bonds. The molecule has 0 aliphatic heterocycles. The van der Waals surface area contributed by atoms with Gasteiger partial charge in [0.15, 0.2) is 18.1 Å². The number of methoxy groups -OCH3 is 1. The zero-order chi connectivity index (χ0) is 21.8. The topological polar surface area (TPSA) is 117 Å². The fourth-order valence-corrected chi connectivity index (χ4v) is 2.63. The average molecular weight is 434 g/mol. The van der Waals surface area contributed by atoms with Crippen LogP contribution in [-0.2, 0) is 17.5 Å². The molecule has 2 aromatic rings. The predicted molar refractivity (Wildman–Crippen MR) is 98.1 cm³/mol. The van der Waals surface area contributed by atoms with Crippen LogP contribution in [0.2, 0.25) is 5.02 Å². The molecule has 156 valence electrons. The molecule has 0 spiro atoms. The molecule has 8 nitrogen and oxygen atoms in total. The molecule has 0 atom stereocenters. The Bertz CT molecular complexity index is 937. The minimum Gasteiger partial charge on any atom is -0.493 e. The molecule has 0 radical (unpaired) electrons. The molecular weight excluding hydrogens is 419 g/mol. The summed E-state index contributed by atoms with van der Waals surface area (Å²) in [5.74, 6) is -0.159. The molecular formula is C17H15ClF3N3O5. The fourth-order valence-electron chi connectivity index (χ4n) is 2.36. The molecule has 29 heavy (non-hydrogen) atoms. The maximum absolute atomic E-state index is 12.9. The molecule has 0 aromatic heterocycles. The molecule has 3 N–H and O–H groups in total. The number of alkyl halides is 3. The van der Waals surface area contributed by atoms with Gasteiger partial charge in [0.25, 0.3) is 11.6 Å². The number of halogens is 4. The van der Waals surface area contributed by atoms with Crippen molar-refractivity contribution in [2.45, 2.75) is 12.7 Å². The monoisotopic (exact) mass is 433 g/mol. The Kier molecular flexibility index (Phi) is 6.75. The number of benzene rings is 2. The van der Waals surface area contributed by atoms with Gasteiger partial charge in [-0.05, 0) is 23.8 Å². The number of hydrogen-bond donors (Lipinski definition) is 2. The van der Waals surface area contributed by atoms with E-state index in [9.17, 15) is 28.1 Å². The van der Waals surface area contributed by atoms with Crippen LogP contribution in [0.3, 0.4) is 0 Å². The summed E-state index contributed by atoms with van der Waals surface area (Å²) in [6.45, 7) is -0.348. The van der Waals surface area contributed by atoms with Crippen LogP contribution in [0.5, 0.6) is 11.5 Å². The molecule has 0 aliphatic rings. The summed E-state index contributed by atoms with van der Waals surface area (Å²) in [7, 11) is 1.37. The van der Waals surface area contributed by atoms with Crippen LogP contribution in [0.4, 0.5) is 24.5 Å². The van der Waals surface area contributed by atoms with E-state index in [0.717, 1.165) is 6.07 Å². The highest BCUT2D eigenvalue weighted by Gasteiger charge is 2.36. The van der Waals surface area contributed by atoms with Gasteiger partial charge in [-0.25, -0.2) is 0 Å². The van der Waals surface area contributed by atoms with Gasteiger partial charge in [-0.15, -0.1) is 0 Å². The van der Waals surface area contributed by atoms with Crippen molar-refractivity contribution in [3.63, 3.8) is 0 Å². The van der Waals surface area contributed by atoms with Gasteiger partial charge in [0.2, 0.25) is 0 Å². The second-order valence-electron chi connectivity index (χ2n) is 5.70. The number of carbonyl (C=O) groups excluding carboxylic acids is 1. The Hall–Kier alpha value is -3.21. The first-order chi connectivity index (χ1) is 13.5. The van der Waals surface area contributed by atoms with E-state index in [-0.39, 0.29) is 30.3 Å². The number of hydrogen-bond acceptors (Lipinski definition) is 6. The summed E-state index contributed by atoms with van der Waals surface area (Å²) >= 11 is 5.64. The fraction of sp³-hybridized carbons (Fsp3) is 0.235. The largest absolute Gasteiger partial charge is 0.493 e. The predicted octanol–water partition coefficient (Wildman–Crippen LogP) is 3.75. The lowest BCUT2D eigenvalue weighted by Crippen LogP contribution is -2.20. The molecule has 12 heteroatoms. The zero-order valence-electron chi connectivity index (χ0n) is 14.9. The highest BCUT2D eigenvalue weighted by Crippen LogP contribution is 2.40. The first-order valence-electron chi connectivity index (χ1n) is 7.90. The van der Waals surface area contributed by atoms with E-state index in [2.05, 4.69) is 5.32 Å². The Morgan fingerprint density at radius 2 is 1.97 bits per heavy atom. The van der Waals surface area contributed by atoms with E-state index in [1.807, 2.05) is 0 Å². The van der Waals surface area contributed by atoms with Crippen molar-refractivity contribution in [1.82, 2.24) is 0 Å². The van der Waals surface area contributed by atoms with E-state index in [1.54, 1.807) is 6.07 Å². The van der Waals surface area contributed by atoms with Gasteiger partial charge in [0, 0.05) is 12.6 Å². The summed E-state index contributed by atoms with van der Waals surface area (Å²) in [4.78, 5) is 21.1. The molecule has 2 rings (SSSR count). The van der Waals surface area contributed by atoms with E-state index < -0.39 is 33.3 Å². The van der Waals surface area contributed by atoms with Crippen LogP contribution < -0.4 is 20.5 Å². The van der Waals surface area contributed by atoms with Gasteiger partial charge in [-0.2, -0.15) is 13.2 Å². The Morgan fingerprint density at radius 1 is 1.28 bits per heavy atom. The molecule has 0 saturated heterocycles. The lowest BCUT2D eigenvalue weighted by molar-refractivity contribution is -0.384. The van der Waals surface area contributed by atoms with Gasteiger partial charge in [-0.3, -0.25) is 14.9 Å². The number of primary amides is 1. The summed E-state index contributed by atoms with van der Waals surface area (Å²) < 4.78 is 49.1. The number of rotatable bonds is 8. The Balaban J connectivity index is 2.26. The molecule has 2 aromatic carbocycles. The van der Waals surface area contributed by atoms with Crippen molar-refractivity contribution in [3.8, 4) is 11.5 Å². The highest BCUT2D eigenvalue weighted by molar-refractivity contribution is 6.31. The first-order valence-corrected chi connectivity index (χ1v) is 8.27. The number of nitrogens with two attached hydrogens (primary N) is 1. The van der Waals surface area contributed by atoms with Gasteiger partial charge >= 0.3 is 6.18 Å². The maximum Gasteiger partial charge on any atom is 0.418 e. The van der Waals surface area contributed by atoms with Crippen molar-refractivity contribution < 1.29 is 32.4 Å². The van der Waals surface area contributed by atoms with Crippen molar-refractivity contribution >= 4 is 28.9 Å². The van der Waals surface area contributed by atoms with Crippen LogP contribution in [0.25, 0.3) is 0 Å².